The van der Waals surface area contributed by atoms with Crippen molar-refractivity contribution in [3.63, 3.8) is 0 Å². The number of rotatable bonds is 1. The molecule has 1 heterocycles. The molecule has 3 rings (SSSR count). The van der Waals surface area contributed by atoms with Gasteiger partial charge in [0.05, 0.1) is 5.69 Å². The van der Waals surface area contributed by atoms with Crippen LogP contribution in [0.2, 0.25) is 0 Å². The lowest BCUT2D eigenvalue weighted by Gasteiger charge is -2.30. The maximum atomic E-state index is 13.5. The molecule has 2 fully saturated rings. The standard InChI is InChI=1S/C13H11FN2O3/c1-7-2-3-8(6-9(7)14)16-11(18)13(4-5-13)10(17)15-12(16)19/h2-3,6H,4-5H2,1H3,(H,15,17,19). The quantitative estimate of drug-likeness (QED) is 0.780. The molecule has 0 aromatic heterocycles. The first kappa shape index (κ1) is 11.8. The van der Waals surface area contributed by atoms with Crippen LogP contribution in [0.1, 0.15) is 18.4 Å². The highest BCUT2D eigenvalue weighted by molar-refractivity contribution is 6.31. The summed E-state index contributed by atoms with van der Waals surface area (Å²) in [4.78, 5) is 36.5. The van der Waals surface area contributed by atoms with E-state index in [1.165, 1.54) is 12.1 Å². The molecule has 2 aliphatic rings. The summed E-state index contributed by atoms with van der Waals surface area (Å²) in [6.45, 7) is 1.59. The molecule has 98 valence electrons. The van der Waals surface area contributed by atoms with E-state index in [0.29, 0.717) is 18.4 Å². The van der Waals surface area contributed by atoms with Crippen molar-refractivity contribution in [2.24, 2.45) is 5.41 Å². The van der Waals surface area contributed by atoms with E-state index in [1.54, 1.807) is 6.92 Å². The number of halogens is 1. The largest absolute Gasteiger partial charge is 0.335 e. The normalized spacial score (nSPS) is 20.7. The third-order valence-electron chi connectivity index (χ3n) is 3.63. The summed E-state index contributed by atoms with van der Waals surface area (Å²) in [7, 11) is 0. The molecule has 1 saturated carbocycles. The van der Waals surface area contributed by atoms with E-state index in [9.17, 15) is 18.8 Å². The first-order chi connectivity index (χ1) is 8.95. The molecule has 1 aromatic carbocycles. The molecule has 0 bridgehead atoms. The molecule has 0 radical (unpaired) electrons. The van der Waals surface area contributed by atoms with E-state index in [0.717, 1.165) is 11.0 Å². The maximum absolute atomic E-state index is 13.5. The Morgan fingerprint density at radius 2 is 1.95 bits per heavy atom. The summed E-state index contributed by atoms with van der Waals surface area (Å²) in [5.74, 6) is -1.62. The first-order valence-electron chi connectivity index (χ1n) is 5.92. The van der Waals surface area contributed by atoms with Crippen LogP contribution in [-0.4, -0.2) is 17.8 Å². The van der Waals surface area contributed by atoms with Gasteiger partial charge in [0.25, 0.3) is 5.91 Å². The number of amides is 4. The van der Waals surface area contributed by atoms with Gasteiger partial charge in [0.2, 0.25) is 5.91 Å². The Labute approximate surface area is 108 Å². The van der Waals surface area contributed by atoms with Crippen LogP contribution < -0.4 is 10.2 Å². The number of barbiturate groups is 1. The van der Waals surface area contributed by atoms with Crippen molar-refractivity contribution in [3.05, 3.63) is 29.6 Å². The molecular formula is C13H11FN2O3. The molecule has 0 atom stereocenters. The molecule has 1 aliphatic heterocycles. The lowest BCUT2D eigenvalue weighted by atomic mass is 10.0. The van der Waals surface area contributed by atoms with Crippen LogP contribution in [0.3, 0.4) is 0 Å². The van der Waals surface area contributed by atoms with Crippen molar-refractivity contribution >= 4 is 23.5 Å². The Bertz CT molecular complexity index is 622. The predicted octanol–water partition coefficient (Wildman–Crippen LogP) is 1.50. The number of hydrogen-bond acceptors (Lipinski definition) is 3. The number of hydrogen-bond donors (Lipinski definition) is 1. The first-order valence-corrected chi connectivity index (χ1v) is 5.92. The average Bonchev–Trinajstić information content (AvgIpc) is 3.13. The Balaban J connectivity index is 2.03. The van der Waals surface area contributed by atoms with Gasteiger partial charge in [-0.1, -0.05) is 6.07 Å². The van der Waals surface area contributed by atoms with Crippen molar-refractivity contribution in [1.82, 2.24) is 5.32 Å². The van der Waals surface area contributed by atoms with Crippen molar-refractivity contribution in [3.8, 4) is 0 Å². The van der Waals surface area contributed by atoms with E-state index in [-0.39, 0.29) is 5.69 Å². The second kappa shape index (κ2) is 3.63. The van der Waals surface area contributed by atoms with Crippen molar-refractivity contribution in [2.75, 3.05) is 4.90 Å². The van der Waals surface area contributed by atoms with E-state index in [2.05, 4.69) is 5.32 Å². The average molecular weight is 262 g/mol. The van der Waals surface area contributed by atoms with E-state index >= 15 is 0 Å². The number of carbonyl (C=O) groups is 3. The molecule has 1 aromatic rings. The number of nitrogens with zero attached hydrogens (tertiary/aromatic N) is 1. The molecule has 1 saturated heterocycles. The molecule has 1 spiro atoms. The number of carbonyl (C=O) groups excluding carboxylic acids is 3. The van der Waals surface area contributed by atoms with Gasteiger partial charge in [-0.3, -0.25) is 14.9 Å². The summed E-state index contributed by atoms with van der Waals surface area (Å²) < 4.78 is 13.5. The van der Waals surface area contributed by atoms with Gasteiger partial charge in [0.1, 0.15) is 11.2 Å². The number of aryl methyl sites for hydroxylation is 1. The SMILES string of the molecule is Cc1ccc(N2C(=O)NC(=O)C3(CC3)C2=O)cc1F. The van der Waals surface area contributed by atoms with Gasteiger partial charge in [-0.05, 0) is 37.5 Å². The van der Waals surface area contributed by atoms with Crippen LogP contribution in [0.5, 0.6) is 0 Å². The zero-order chi connectivity index (χ0) is 13.8. The summed E-state index contributed by atoms with van der Waals surface area (Å²) in [5, 5.41) is 2.15. The van der Waals surface area contributed by atoms with Crippen molar-refractivity contribution in [2.45, 2.75) is 19.8 Å². The fourth-order valence-electron chi connectivity index (χ4n) is 2.20. The number of nitrogens with one attached hydrogen (secondary N) is 1. The van der Waals surface area contributed by atoms with Crippen molar-refractivity contribution < 1.29 is 18.8 Å². The van der Waals surface area contributed by atoms with Crippen LogP contribution >= 0.6 is 0 Å². The minimum atomic E-state index is -1.12. The third-order valence-corrected chi connectivity index (χ3v) is 3.63. The van der Waals surface area contributed by atoms with Crippen molar-refractivity contribution in [1.29, 1.82) is 0 Å². The molecule has 4 amide bonds. The Morgan fingerprint density at radius 1 is 1.26 bits per heavy atom. The van der Waals surface area contributed by atoms with Gasteiger partial charge in [0, 0.05) is 0 Å². The maximum Gasteiger partial charge on any atom is 0.335 e. The lowest BCUT2D eigenvalue weighted by Crippen LogP contribution is -2.59. The molecule has 6 heteroatoms. The van der Waals surface area contributed by atoms with Gasteiger partial charge in [-0.15, -0.1) is 0 Å². The Morgan fingerprint density at radius 3 is 2.53 bits per heavy atom. The molecule has 19 heavy (non-hydrogen) atoms. The highest BCUT2D eigenvalue weighted by atomic mass is 19.1. The molecule has 1 N–H and O–H groups in total. The monoisotopic (exact) mass is 262 g/mol. The fourth-order valence-corrected chi connectivity index (χ4v) is 2.20. The highest BCUT2D eigenvalue weighted by Crippen LogP contribution is 2.49. The highest BCUT2D eigenvalue weighted by Gasteiger charge is 2.62. The summed E-state index contributed by atoms with van der Waals surface area (Å²) in [6, 6.07) is 3.28. The lowest BCUT2D eigenvalue weighted by molar-refractivity contribution is -0.136. The van der Waals surface area contributed by atoms with E-state index in [4.69, 9.17) is 0 Å². The minimum Gasteiger partial charge on any atom is -0.276 e. The molecule has 5 nitrogen and oxygen atoms in total. The molecule has 1 aliphatic carbocycles. The Kier molecular flexibility index (Phi) is 2.26. The van der Waals surface area contributed by atoms with Gasteiger partial charge in [0.15, 0.2) is 0 Å². The molecular weight excluding hydrogens is 251 g/mol. The fraction of sp³-hybridized carbons (Fsp3) is 0.308. The van der Waals surface area contributed by atoms with E-state index < -0.39 is 29.1 Å². The van der Waals surface area contributed by atoms with Crippen LogP contribution in [0.4, 0.5) is 14.9 Å². The topological polar surface area (TPSA) is 66.5 Å². The zero-order valence-electron chi connectivity index (χ0n) is 10.2. The van der Waals surface area contributed by atoms with Crippen LogP contribution in [0.15, 0.2) is 18.2 Å². The number of urea groups is 1. The second-order valence-corrected chi connectivity index (χ2v) is 4.92. The summed E-state index contributed by atoms with van der Waals surface area (Å²) >= 11 is 0. The number of imide groups is 2. The van der Waals surface area contributed by atoms with E-state index in [1.807, 2.05) is 0 Å². The van der Waals surface area contributed by atoms with Gasteiger partial charge in [-0.25, -0.2) is 14.1 Å². The number of anilines is 1. The summed E-state index contributed by atoms with van der Waals surface area (Å²) in [5.41, 5.74) is -0.551. The molecule has 0 unspecified atom stereocenters. The summed E-state index contributed by atoms with van der Waals surface area (Å²) in [6.07, 6.45) is 0.853. The smallest absolute Gasteiger partial charge is 0.276 e. The van der Waals surface area contributed by atoms with Crippen LogP contribution in [-0.2, 0) is 9.59 Å². The second-order valence-electron chi connectivity index (χ2n) is 4.92. The van der Waals surface area contributed by atoms with Gasteiger partial charge >= 0.3 is 6.03 Å². The minimum absolute atomic E-state index is 0.143. The third kappa shape index (κ3) is 1.56. The Hall–Kier alpha value is -2.24. The van der Waals surface area contributed by atoms with Gasteiger partial charge in [-0.2, -0.15) is 0 Å². The zero-order valence-corrected chi connectivity index (χ0v) is 10.2. The van der Waals surface area contributed by atoms with Crippen LogP contribution in [0.25, 0.3) is 0 Å². The predicted molar refractivity (Wildman–Crippen MR) is 63.8 cm³/mol. The number of benzene rings is 1. The van der Waals surface area contributed by atoms with Crippen LogP contribution in [0, 0.1) is 18.2 Å². The van der Waals surface area contributed by atoms with Gasteiger partial charge < -0.3 is 0 Å².